The highest BCUT2D eigenvalue weighted by molar-refractivity contribution is 6.33. The van der Waals surface area contributed by atoms with Crippen LogP contribution in [0.1, 0.15) is 11.6 Å². The third kappa shape index (κ3) is 2.45. The van der Waals surface area contributed by atoms with Crippen molar-refractivity contribution in [1.82, 2.24) is 5.32 Å². The van der Waals surface area contributed by atoms with Crippen LogP contribution in [0, 0.1) is 0 Å². The maximum absolute atomic E-state index is 13.6. The Morgan fingerprint density at radius 1 is 1.41 bits per heavy atom. The molecule has 1 N–H and O–H groups in total. The molecule has 7 heteroatoms. The minimum absolute atomic E-state index is 0.0702. The van der Waals surface area contributed by atoms with Gasteiger partial charge in [0, 0.05) is 15.6 Å². The van der Waals surface area contributed by atoms with Gasteiger partial charge in [-0.25, -0.2) is 13.6 Å². The fourth-order valence-corrected chi connectivity index (χ4v) is 1.96. The van der Waals surface area contributed by atoms with Crippen LogP contribution in [0.4, 0.5) is 13.6 Å². The summed E-state index contributed by atoms with van der Waals surface area (Å²) in [6, 6.07) is 2.65. The lowest BCUT2D eigenvalue weighted by Gasteiger charge is -2.32. The summed E-state index contributed by atoms with van der Waals surface area (Å²) in [6.07, 6.45) is -0.906. The highest BCUT2D eigenvalue weighted by atomic mass is 35.5. The van der Waals surface area contributed by atoms with Gasteiger partial charge in [0.05, 0.1) is 0 Å². The van der Waals surface area contributed by atoms with Crippen LogP contribution in [0.2, 0.25) is 10.0 Å². The lowest BCUT2D eigenvalue weighted by Crippen LogP contribution is -2.49. The van der Waals surface area contributed by atoms with Gasteiger partial charge in [0.1, 0.15) is 6.04 Å². The molecule has 92 valence electrons. The molecule has 2 rings (SSSR count). The second kappa shape index (κ2) is 4.31. The lowest BCUT2D eigenvalue weighted by molar-refractivity contribution is -0.104. The third-order valence-corrected chi connectivity index (χ3v) is 2.93. The van der Waals surface area contributed by atoms with Crippen LogP contribution in [0.15, 0.2) is 18.2 Å². The normalized spacial score (nSPS) is 22.8. The molecule has 0 unspecified atom stereocenters. The molecule has 1 fully saturated rings. The summed E-state index contributed by atoms with van der Waals surface area (Å²) in [5.41, 5.74) is 0.0702. The van der Waals surface area contributed by atoms with Crippen LogP contribution >= 0.6 is 23.2 Å². The van der Waals surface area contributed by atoms with E-state index in [1.807, 2.05) is 5.32 Å². The summed E-state index contributed by atoms with van der Waals surface area (Å²) in [5.74, 6) is -3.23. The van der Waals surface area contributed by atoms with E-state index in [2.05, 4.69) is 4.74 Å². The van der Waals surface area contributed by atoms with Crippen molar-refractivity contribution in [2.24, 2.45) is 0 Å². The van der Waals surface area contributed by atoms with Crippen molar-refractivity contribution in [2.45, 2.75) is 12.0 Å². The first-order valence-corrected chi connectivity index (χ1v) is 5.42. The number of amides is 1. The number of cyclic esters (lactones) is 1. The number of alkyl carbamates (subject to hydrolysis) is 1. The molecule has 1 atom stereocenters. The molecule has 0 bridgehead atoms. The first kappa shape index (κ1) is 12.4. The van der Waals surface area contributed by atoms with Crippen molar-refractivity contribution < 1.29 is 18.3 Å². The number of halogens is 4. The number of rotatable bonds is 1. The van der Waals surface area contributed by atoms with Gasteiger partial charge in [0.2, 0.25) is 0 Å². The van der Waals surface area contributed by atoms with Crippen LogP contribution in [0.25, 0.3) is 0 Å². The van der Waals surface area contributed by atoms with Crippen molar-refractivity contribution in [2.75, 3.05) is 6.61 Å². The Morgan fingerprint density at radius 3 is 2.82 bits per heavy atom. The molecule has 3 nitrogen and oxygen atoms in total. The fraction of sp³-hybridized carbons (Fsp3) is 0.300. The quantitative estimate of drug-likeness (QED) is 0.857. The monoisotopic (exact) mass is 281 g/mol. The van der Waals surface area contributed by atoms with E-state index in [9.17, 15) is 13.6 Å². The van der Waals surface area contributed by atoms with E-state index < -0.39 is 24.7 Å². The molecule has 1 amide bonds. The molecule has 1 aliphatic heterocycles. The Kier molecular flexibility index (Phi) is 3.14. The predicted molar refractivity (Wildman–Crippen MR) is 58.6 cm³/mol. The maximum atomic E-state index is 13.6. The van der Waals surface area contributed by atoms with E-state index in [1.165, 1.54) is 18.2 Å². The summed E-state index contributed by atoms with van der Waals surface area (Å²) in [5, 5.41) is 2.41. The Morgan fingerprint density at radius 2 is 2.12 bits per heavy atom. The summed E-state index contributed by atoms with van der Waals surface area (Å²) in [7, 11) is 0. The Bertz CT molecular complexity index is 468. The van der Waals surface area contributed by atoms with Crippen molar-refractivity contribution in [1.29, 1.82) is 0 Å². The van der Waals surface area contributed by atoms with Gasteiger partial charge in [0.25, 0.3) is 0 Å². The van der Waals surface area contributed by atoms with E-state index in [1.54, 1.807) is 0 Å². The number of carbonyl (C=O) groups excluding carboxylic acids is 1. The Balaban J connectivity index is 2.42. The summed E-state index contributed by atoms with van der Waals surface area (Å²) < 4.78 is 31.4. The molecule has 1 aromatic rings. The number of hydrogen-bond acceptors (Lipinski definition) is 2. The second-order valence-corrected chi connectivity index (χ2v) is 4.42. The molecule has 1 aromatic carbocycles. The van der Waals surface area contributed by atoms with Crippen LogP contribution in [-0.4, -0.2) is 18.6 Å². The number of benzene rings is 1. The van der Waals surface area contributed by atoms with Crippen molar-refractivity contribution in [3.8, 4) is 0 Å². The van der Waals surface area contributed by atoms with Gasteiger partial charge in [-0.3, -0.25) is 0 Å². The topological polar surface area (TPSA) is 38.3 Å². The minimum Gasteiger partial charge on any atom is -0.443 e. The zero-order valence-electron chi connectivity index (χ0n) is 8.34. The maximum Gasteiger partial charge on any atom is 0.408 e. The Labute approximate surface area is 106 Å². The first-order valence-electron chi connectivity index (χ1n) is 4.66. The fourth-order valence-electron chi connectivity index (χ4n) is 1.55. The second-order valence-electron chi connectivity index (χ2n) is 3.58. The number of nitrogens with one attached hydrogen (secondary N) is 1. The van der Waals surface area contributed by atoms with E-state index in [4.69, 9.17) is 23.2 Å². The van der Waals surface area contributed by atoms with Crippen molar-refractivity contribution in [3.63, 3.8) is 0 Å². The number of alkyl halides is 2. The number of carbonyl (C=O) groups is 1. The van der Waals surface area contributed by atoms with E-state index in [0.717, 1.165) is 0 Å². The largest absolute Gasteiger partial charge is 0.443 e. The molecular weight excluding hydrogens is 275 g/mol. The zero-order valence-corrected chi connectivity index (χ0v) is 9.86. The average Bonchev–Trinajstić information content (AvgIpc) is 2.26. The van der Waals surface area contributed by atoms with Crippen LogP contribution < -0.4 is 5.32 Å². The Hall–Kier alpha value is -1.07. The molecule has 1 aliphatic rings. The molecule has 0 saturated carbocycles. The van der Waals surface area contributed by atoms with Gasteiger partial charge in [-0.1, -0.05) is 23.2 Å². The summed E-state index contributed by atoms with van der Waals surface area (Å²) in [6.45, 7) is -0.980. The van der Waals surface area contributed by atoms with Crippen LogP contribution in [0.3, 0.4) is 0 Å². The van der Waals surface area contributed by atoms with Gasteiger partial charge in [-0.2, -0.15) is 0 Å². The standard InChI is InChI=1S/C10H7Cl2F2NO2/c11-5-1-2-7(12)6(3-5)8-10(13,14)4-17-9(16)15-8/h1-3,8H,4H2,(H,15,16)/t8-/m0/s1. The molecule has 0 aromatic heterocycles. The number of hydrogen-bond donors (Lipinski definition) is 1. The molecular formula is C10H7Cl2F2NO2. The zero-order chi connectivity index (χ0) is 12.6. The number of ether oxygens (including phenoxy) is 1. The first-order chi connectivity index (χ1) is 7.90. The van der Waals surface area contributed by atoms with E-state index >= 15 is 0 Å². The van der Waals surface area contributed by atoms with E-state index in [0.29, 0.717) is 0 Å². The molecule has 0 radical (unpaired) electrons. The van der Waals surface area contributed by atoms with Gasteiger partial charge in [0.15, 0.2) is 6.61 Å². The lowest BCUT2D eigenvalue weighted by atomic mass is 10.00. The van der Waals surface area contributed by atoms with Crippen LogP contribution in [0.5, 0.6) is 0 Å². The highest BCUT2D eigenvalue weighted by Crippen LogP contribution is 2.38. The average molecular weight is 282 g/mol. The minimum atomic E-state index is -3.23. The highest BCUT2D eigenvalue weighted by Gasteiger charge is 2.47. The molecule has 1 saturated heterocycles. The summed E-state index contributed by atoms with van der Waals surface area (Å²) in [4.78, 5) is 11.0. The SMILES string of the molecule is O=C1N[C@@H](c2cc(Cl)ccc2Cl)C(F)(F)CO1. The third-order valence-electron chi connectivity index (χ3n) is 2.35. The van der Waals surface area contributed by atoms with E-state index in [-0.39, 0.29) is 15.6 Å². The summed E-state index contributed by atoms with van der Waals surface area (Å²) >= 11 is 11.5. The predicted octanol–water partition coefficient (Wildman–Crippen LogP) is 3.41. The van der Waals surface area contributed by atoms with Gasteiger partial charge < -0.3 is 10.1 Å². The smallest absolute Gasteiger partial charge is 0.408 e. The van der Waals surface area contributed by atoms with Crippen molar-refractivity contribution in [3.05, 3.63) is 33.8 Å². The van der Waals surface area contributed by atoms with Crippen molar-refractivity contribution >= 4 is 29.3 Å². The van der Waals surface area contributed by atoms with Gasteiger partial charge in [-0.05, 0) is 18.2 Å². The molecule has 1 heterocycles. The molecule has 0 spiro atoms. The molecule has 17 heavy (non-hydrogen) atoms. The molecule has 0 aliphatic carbocycles. The van der Waals surface area contributed by atoms with Crippen LogP contribution in [-0.2, 0) is 4.74 Å². The van der Waals surface area contributed by atoms with Gasteiger partial charge in [-0.15, -0.1) is 0 Å². The van der Waals surface area contributed by atoms with Gasteiger partial charge >= 0.3 is 12.0 Å².